The van der Waals surface area contributed by atoms with Gasteiger partial charge in [0.05, 0.1) is 22.9 Å². The number of thioether (sulfide) groups is 1. The first-order valence-corrected chi connectivity index (χ1v) is 11.1. The highest BCUT2D eigenvalue weighted by atomic mass is 79.9. The molecular formula is C20H19BrClN5O2S. The van der Waals surface area contributed by atoms with Gasteiger partial charge in [-0.2, -0.15) is 0 Å². The van der Waals surface area contributed by atoms with Crippen molar-refractivity contribution in [2.75, 3.05) is 11.1 Å². The molecule has 2 aromatic carbocycles. The smallest absolute Gasteiger partial charge is 0.253 e. The third-order valence-corrected chi connectivity index (χ3v) is 6.46. The van der Waals surface area contributed by atoms with Crippen molar-refractivity contribution in [2.24, 2.45) is 7.05 Å². The van der Waals surface area contributed by atoms with E-state index in [4.69, 9.17) is 11.6 Å². The summed E-state index contributed by atoms with van der Waals surface area (Å²) in [6.07, 6.45) is 0. The van der Waals surface area contributed by atoms with Crippen LogP contribution in [0, 0.1) is 6.92 Å². The van der Waals surface area contributed by atoms with Gasteiger partial charge in [0.1, 0.15) is 0 Å². The van der Waals surface area contributed by atoms with E-state index in [1.54, 1.807) is 35.9 Å². The Hall–Kier alpha value is -2.36. The maximum absolute atomic E-state index is 12.3. The molecule has 1 aromatic heterocycles. The highest BCUT2D eigenvalue weighted by Gasteiger charge is 2.14. The molecule has 0 fully saturated rings. The third-order valence-electron chi connectivity index (χ3n) is 4.22. The van der Waals surface area contributed by atoms with Crippen LogP contribution < -0.4 is 10.6 Å². The van der Waals surface area contributed by atoms with Gasteiger partial charge in [-0.05, 0) is 42.8 Å². The number of carbonyl (C=O) groups is 2. The van der Waals surface area contributed by atoms with Gasteiger partial charge < -0.3 is 15.2 Å². The Bertz CT molecular complexity index is 1090. The molecule has 2 N–H and O–H groups in total. The van der Waals surface area contributed by atoms with Gasteiger partial charge in [0.25, 0.3) is 5.91 Å². The molecule has 0 atom stereocenters. The number of rotatable bonds is 7. The number of hydrogen-bond donors (Lipinski definition) is 2. The average molecular weight is 509 g/mol. The SMILES string of the molecule is Cc1cc(NC(=O)CSc2nnc(CNC(=O)c3ccccc3Cl)n2C)ccc1Br. The summed E-state index contributed by atoms with van der Waals surface area (Å²) >= 11 is 10.8. The number of hydrogen-bond acceptors (Lipinski definition) is 5. The molecule has 0 bridgehead atoms. The second-order valence-electron chi connectivity index (χ2n) is 6.42. The van der Waals surface area contributed by atoms with Crippen LogP contribution in [-0.4, -0.2) is 32.3 Å². The first-order chi connectivity index (χ1) is 14.3. The van der Waals surface area contributed by atoms with Gasteiger partial charge in [0.15, 0.2) is 11.0 Å². The first kappa shape index (κ1) is 22.3. The molecule has 156 valence electrons. The van der Waals surface area contributed by atoms with Gasteiger partial charge in [-0.15, -0.1) is 10.2 Å². The van der Waals surface area contributed by atoms with Crippen molar-refractivity contribution in [3.8, 4) is 0 Å². The van der Waals surface area contributed by atoms with E-state index in [2.05, 4.69) is 36.8 Å². The molecule has 0 spiro atoms. The first-order valence-electron chi connectivity index (χ1n) is 8.95. The summed E-state index contributed by atoms with van der Waals surface area (Å²) in [5.74, 6) is 0.328. The summed E-state index contributed by atoms with van der Waals surface area (Å²) in [4.78, 5) is 24.5. The van der Waals surface area contributed by atoms with Crippen molar-refractivity contribution >= 4 is 56.8 Å². The molecule has 0 aliphatic rings. The van der Waals surface area contributed by atoms with Crippen LogP contribution in [-0.2, 0) is 18.4 Å². The Morgan fingerprint density at radius 3 is 2.70 bits per heavy atom. The molecule has 0 saturated carbocycles. The molecule has 2 amide bonds. The second kappa shape index (κ2) is 10.1. The number of aryl methyl sites for hydroxylation is 1. The predicted molar refractivity (Wildman–Crippen MR) is 122 cm³/mol. The Balaban J connectivity index is 1.53. The summed E-state index contributed by atoms with van der Waals surface area (Å²) in [6.45, 7) is 2.15. The van der Waals surface area contributed by atoms with Gasteiger partial charge in [0, 0.05) is 17.2 Å². The minimum atomic E-state index is -0.290. The number of aromatic nitrogens is 3. The molecular weight excluding hydrogens is 490 g/mol. The van der Waals surface area contributed by atoms with Crippen molar-refractivity contribution in [3.63, 3.8) is 0 Å². The van der Waals surface area contributed by atoms with Crippen LogP contribution in [0.15, 0.2) is 52.1 Å². The lowest BCUT2D eigenvalue weighted by molar-refractivity contribution is -0.113. The molecule has 3 aromatic rings. The molecule has 7 nitrogen and oxygen atoms in total. The van der Waals surface area contributed by atoms with Crippen LogP contribution in [0.25, 0.3) is 0 Å². The summed E-state index contributed by atoms with van der Waals surface area (Å²) in [5, 5.41) is 14.8. The monoisotopic (exact) mass is 507 g/mol. The highest BCUT2D eigenvalue weighted by Crippen LogP contribution is 2.21. The van der Waals surface area contributed by atoms with Gasteiger partial charge in [-0.1, -0.05) is 51.4 Å². The van der Waals surface area contributed by atoms with Crippen molar-refractivity contribution in [1.82, 2.24) is 20.1 Å². The largest absolute Gasteiger partial charge is 0.345 e. The van der Waals surface area contributed by atoms with E-state index in [1.807, 2.05) is 25.1 Å². The second-order valence-corrected chi connectivity index (χ2v) is 8.63. The number of benzene rings is 2. The molecule has 1 heterocycles. The lowest BCUT2D eigenvalue weighted by atomic mass is 10.2. The van der Waals surface area contributed by atoms with Crippen LogP contribution in [0.5, 0.6) is 0 Å². The van der Waals surface area contributed by atoms with Crippen molar-refractivity contribution in [2.45, 2.75) is 18.6 Å². The zero-order valence-electron chi connectivity index (χ0n) is 16.3. The summed E-state index contributed by atoms with van der Waals surface area (Å²) in [7, 11) is 1.79. The normalized spacial score (nSPS) is 10.7. The molecule has 0 saturated heterocycles. The summed E-state index contributed by atoms with van der Waals surface area (Å²) in [6, 6.07) is 12.5. The fraction of sp³-hybridized carbons (Fsp3) is 0.200. The van der Waals surface area contributed by atoms with E-state index in [-0.39, 0.29) is 24.1 Å². The van der Waals surface area contributed by atoms with E-state index in [0.29, 0.717) is 21.6 Å². The Kier molecular flexibility index (Phi) is 7.52. The fourth-order valence-electron chi connectivity index (χ4n) is 2.57. The predicted octanol–water partition coefficient (Wildman–Crippen LogP) is 4.20. The third kappa shape index (κ3) is 5.62. The maximum atomic E-state index is 12.3. The zero-order valence-corrected chi connectivity index (χ0v) is 19.4. The number of nitrogens with one attached hydrogen (secondary N) is 2. The van der Waals surface area contributed by atoms with Gasteiger partial charge in [-0.3, -0.25) is 9.59 Å². The molecule has 0 unspecified atom stereocenters. The summed E-state index contributed by atoms with van der Waals surface area (Å²) < 4.78 is 2.73. The van der Waals surface area contributed by atoms with Gasteiger partial charge in [0.2, 0.25) is 5.91 Å². The van der Waals surface area contributed by atoms with Crippen molar-refractivity contribution < 1.29 is 9.59 Å². The Morgan fingerprint density at radius 1 is 1.20 bits per heavy atom. The average Bonchev–Trinajstić information content (AvgIpc) is 3.07. The number of anilines is 1. The van der Waals surface area contributed by atoms with Crippen LogP contribution in [0.2, 0.25) is 5.02 Å². The molecule has 30 heavy (non-hydrogen) atoms. The van der Waals surface area contributed by atoms with Crippen LogP contribution in [0.3, 0.4) is 0 Å². The Morgan fingerprint density at radius 2 is 1.97 bits per heavy atom. The standard InChI is InChI=1S/C20H19BrClN5O2S/c1-12-9-13(7-8-15(12)21)24-18(28)11-30-20-26-25-17(27(20)2)10-23-19(29)14-5-3-4-6-16(14)22/h3-9H,10-11H2,1-2H3,(H,23,29)(H,24,28). The van der Waals surface area contributed by atoms with Crippen LogP contribution in [0.4, 0.5) is 5.69 Å². The number of amides is 2. The minimum Gasteiger partial charge on any atom is -0.345 e. The molecule has 0 aliphatic carbocycles. The maximum Gasteiger partial charge on any atom is 0.253 e. The van der Waals surface area contributed by atoms with E-state index in [0.717, 1.165) is 15.7 Å². The minimum absolute atomic E-state index is 0.140. The van der Waals surface area contributed by atoms with E-state index < -0.39 is 0 Å². The topological polar surface area (TPSA) is 88.9 Å². The van der Waals surface area contributed by atoms with Gasteiger partial charge >= 0.3 is 0 Å². The number of nitrogens with zero attached hydrogens (tertiary/aromatic N) is 3. The van der Waals surface area contributed by atoms with E-state index in [1.165, 1.54) is 11.8 Å². The quantitative estimate of drug-likeness (QED) is 0.467. The Labute approximate surface area is 191 Å². The summed E-state index contributed by atoms with van der Waals surface area (Å²) in [5.41, 5.74) is 2.18. The van der Waals surface area contributed by atoms with Gasteiger partial charge in [-0.25, -0.2) is 0 Å². The number of halogens is 2. The van der Waals surface area contributed by atoms with Crippen LogP contribution in [0.1, 0.15) is 21.7 Å². The van der Waals surface area contributed by atoms with Crippen LogP contribution >= 0.6 is 39.3 Å². The van der Waals surface area contributed by atoms with Crippen molar-refractivity contribution in [3.05, 3.63) is 68.9 Å². The molecule has 0 aliphatic heterocycles. The highest BCUT2D eigenvalue weighted by molar-refractivity contribution is 9.10. The van der Waals surface area contributed by atoms with E-state index >= 15 is 0 Å². The molecule has 3 rings (SSSR count). The number of carbonyl (C=O) groups excluding carboxylic acids is 2. The lowest BCUT2D eigenvalue weighted by Crippen LogP contribution is -2.24. The molecule has 10 heteroatoms. The van der Waals surface area contributed by atoms with E-state index in [9.17, 15) is 9.59 Å². The zero-order chi connectivity index (χ0) is 21.7. The fourth-order valence-corrected chi connectivity index (χ4v) is 3.77. The lowest BCUT2D eigenvalue weighted by Gasteiger charge is -2.08. The van der Waals surface area contributed by atoms with Crippen molar-refractivity contribution in [1.29, 1.82) is 0 Å². The molecule has 0 radical (unpaired) electrons.